The Kier molecular flexibility index (Phi) is 3.21. The van der Waals surface area contributed by atoms with Gasteiger partial charge in [0.25, 0.3) is 0 Å². The average molecular weight is 226 g/mol. The lowest BCUT2D eigenvalue weighted by Gasteiger charge is -2.22. The van der Waals surface area contributed by atoms with Crippen molar-refractivity contribution in [3.8, 4) is 0 Å². The molecule has 0 saturated heterocycles. The SMILES string of the molecule is CCCN1Cc2c(F)cc(F)cc2C1CN. The first kappa shape index (κ1) is 11.5. The molecule has 1 aliphatic rings. The van der Waals surface area contributed by atoms with Gasteiger partial charge < -0.3 is 5.73 Å². The van der Waals surface area contributed by atoms with Crippen LogP contribution in [0, 0.1) is 11.6 Å². The Morgan fingerprint density at radius 2 is 2.19 bits per heavy atom. The van der Waals surface area contributed by atoms with Crippen molar-refractivity contribution >= 4 is 0 Å². The molecule has 1 aliphatic heterocycles. The average Bonchev–Trinajstić information content (AvgIpc) is 2.56. The van der Waals surface area contributed by atoms with Gasteiger partial charge in [-0.25, -0.2) is 8.78 Å². The van der Waals surface area contributed by atoms with E-state index in [1.807, 2.05) is 0 Å². The summed E-state index contributed by atoms with van der Waals surface area (Å²) in [5, 5.41) is 0. The summed E-state index contributed by atoms with van der Waals surface area (Å²) in [6.07, 6.45) is 0.981. The Morgan fingerprint density at radius 1 is 1.44 bits per heavy atom. The molecular weight excluding hydrogens is 210 g/mol. The van der Waals surface area contributed by atoms with Crippen LogP contribution in [-0.4, -0.2) is 18.0 Å². The van der Waals surface area contributed by atoms with Crippen LogP contribution < -0.4 is 5.73 Å². The Bertz CT molecular complexity index is 393. The standard InChI is InChI=1S/C12H16F2N2/c1-2-3-16-7-10-9(12(16)6-15)4-8(13)5-11(10)14/h4-5,12H,2-3,6-7,15H2,1H3. The maximum absolute atomic E-state index is 13.6. The molecule has 0 saturated carbocycles. The van der Waals surface area contributed by atoms with Crippen LogP contribution in [0.4, 0.5) is 8.78 Å². The second-order valence-electron chi connectivity index (χ2n) is 4.18. The fraction of sp³-hybridized carbons (Fsp3) is 0.500. The third kappa shape index (κ3) is 1.83. The summed E-state index contributed by atoms with van der Waals surface area (Å²) in [7, 11) is 0. The molecule has 0 aliphatic carbocycles. The van der Waals surface area contributed by atoms with Crippen LogP contribution in [0.25, 0.3) is 0 Å². The highest BCUT2D eigenvalue weighted by Crippen LogP contribution is 2.34. The zero-order chi connectivity index (χ0) is 11.7. The number of halogens is 2. The molecule has 0 spiro atoms. The lowest BCUT2D eigenvalue weighted by Crippen LogP contribution is -2.28. The second kappa shape index (κ2) is 4.47. The Morgan fingerprint density at radius 3 is 2.81 bits per heavy atom. The van der Waals surface area contributed by atoms with Crippen LogP contribution in [0.15, 0.2) is 12.1 Å². The van der Waals surface area contributed by atoms with E-state index in [0.29, 0.717) is 24.2 Å². The molecular formula is C12H16F2N2. The molecule has 0 amide bonds. The van der Waals surface area contributed by atoms with Gasteiger partial charge in [0.15, 0.2) is 0 Å². The Hall–Kier alpha value is -1.00. The van der Waals surface area contributed by atoms with Crippen molar-refractivity contribution in [2.75, 3.05) is 13.1 Å². The number of hydrogen-bond donors (Lipinski definition) is 1. The number of rotatable bonds is 3. The zero-order valence-electron chi connectivity index (χ0n) is 9.34. The van der Waals surface area contributed by atoms with Crippen molar-refractivity contribution in [3.63, 3.8) is 0 Å². The zero-order valence-corrected chi connectivity index (χ0v) is 9.34. The van der Waals surface area contributed by atoms with Crippen molar-refractivity contribution < 1.29 is 8.78 Å². The van der Waals surface area contributed by atoms with E-state index in [2.05, 4.69) is 11.8 Å². The highest BCUT2D eigenvalue weighted by molar-refractivity contribution is 5.36. The van der Waals surface area contributed by atoms with E-state index < -0.39 is 11.6 Å². The largest absolute Gasteiger partial charge is 0.329 e. The fourth-order valence-corrected chi connectivity index (χ4v) is 2.40. The lowest BCUT2D eigenvalue weighted by molar-refractivity contribution is 0.219. The minimum Gasteiger partial charge on any atom is -0.329 e. The van der Waals surface area contributed by atoms with E-state index in [9.17, 15) is 8.78 Å². The molecule has 4 heteroatoms. The van der Waals surface area contributed by atoms with Gasteiger partial charge in [-0.05, 0) is 24.6 Å². The van der Waals surface area contributed by atoms with Gasteiger partial charge in [0.05, 0.1) is 0 Å². The molecule has 1 aromatic rings. The smallest absolute Gasteiger partial charge is 0.130 e. The molecule has 88 valence electrons. The third-order valence-electron chi connectivity index (χ3n) is 3.09. The Balaban J connectivity index is 2.38. The summed E-state index contributed by atoms with van der Waals surface area (Å²) in [6, 6.07) is 2.31. The molecule has 0 fully saturated rings. The van der Waals surface area contributed by atoms with E-state index in [-0.39, 0.29) is 6.04 Å². The van der Waals surface area contributed by atoms with Gasteiger partial charge >= 0.3 is 0 Å². The number of fused-ring (bicyclic) bond motifs is 1. The van der Waals surface area contributed by atoms with Gasteiger partial charge in [-0.1, -0.05) is 6.92 Å². The molecule has 1 heterocycles. The van der Waals surface area contributed by atoms with Gasteiger partial charge in [0.1, 0.15) is 11.6 Å². The van der Waals surface area contributed by atoms with Crippen molar-refractivity contribution in [1.29, 1.82) is 0 Å². The molecule has 0 aromatic heterocycles. The van der Waals surface area contributed by atoms with E-state index in [0.717, 1.165) is 19.0 Å². The normalized spacial score (nSPS) is 20.1. The molecule has 16 heavy (non-hydrogen) atoms. The van der Waals surface area contributed by atoms with E-state index in [4.69, 9.17) is 5.73 Å². The molecule has 1 unspecified atom stereocenters. The van der Waals surface area contributed by atoms with Crippen molar-refractivity contribution in [2.45, 2.75) is 25.9 Å². The molecule has 2 N–H and O–H groups in total. The van der Waals surface area contributed by atoms with E-state index in [1.54, 1.807) is 0 Å². The topological polar surface area (TPSA) is 29.3 Å². The van der Waals surface area contributed by atoms with Crippen LogP contribution in [0.1, 0.15) is 30.5 Å². The number of benzene rings is 1. The third-order valence-corrected chi connectivity index (χ3v) is 3.09. The monoisotopic (exact) mass is 226 g/mol. The maximum Gasteiger partial charge on any atom is 0.130 e. The maximum atomic E-state index is 13.6. The first-order valence-corrected chi connectivity index (χ1v) is 5.59. The van der Waals surface area contributed by atoms with Crippen LogP contribution >= 0.6 is 0 Å². The highest BCUT2D eigenvalue weighted by Gasteiger charge is 2.31. The molecule has 2 nitrogen and oxygen atoms in total. The van der Waals surface area contributed by atoms with E-state index in [1.165, 1.54) is 6.07 Å². The van der Waals surface area contributed by atoms with Gasteiger partial charge in [0, 0.05) is 30.8 Å². The van der Waals surface area contributed by atoms with Crippen molar-refractivity contribution in [2.24, 2.45) is 5.73 Å². The molecule has 2 rings (SSSR count). The van der Waals surface area contributed by atoms with Crippen molar-refractivity contribution in [1.82, 2.24) is 4.90 Å². The summed E-state index contributed by atoms with van der Waals surface area (Å²) >= 11 is 0. The summed E-state index contributed by atoms with van der Waals surface area (Å²) in [5.41, 5.74) is 7.00. The van der Waals surface area contributed by atoms with Crippen LogP contribution in [0.5, 0.6) is 0 Å². The lowest BCUT2D eigenvalue weighted by atomic mass is 10.0. The summed E-state index contributed by atoms with van der Waals surface area (Å²) in [4.78, 5) is 2.10. The fourth-order valence-electron chi connectivity index (χ4n) is 2.40. The highest BCUT2D eigenvalue weighted by atomic mass is 19.1. The summed E-state index contributed by atoms with van der Waals surface area (Å²) in [6.45, 7) is 3.86. The van der Waals surface area contributed by atoms with Crippen LogP contribution in [-0.2, 0) is 6.54 Å². The quantitative estimate of drug-likeness (QED) is 0.856. The number of hydrogen-bond acceptors (Lipinski definition) is 2. The summed E-state index contributed by atoms with van der Waals surface area (Å²) < 4.78 is 26.7. The van der Waals surface area contributed by atoms with Gasteiger partial charge in [-0.3, -0.25) is 4.90 Å². The van der Waals surface area contributed by atoms with Gasteiger partial charge in [-0.15, -0.1) is 0 Å². The first-order chi connectivity index (χ1) is 7.67. The minimum absolute atomic E-state index is 0.0415. The minimum atomic E-state index is -0.520. The molecule has 0 bridgehead atoms. The van der Waals surface area contributed by atoms with Crippen molar-refractivity contribution in [3.05, 3.63) is 34.9 Å². The Labute approximate surface area is 94.0 Å². The predicted molar refractivity (Wildman–Crippen MR) is 58.9 cm³/mol. The molecule has 0 radical (unpaired) electrons. The van der Waals surface area contributed by atoms with E-state index >= 15 is 0 Å². The number of nitrogens with zero attached hydrogens (tertiary/aromatic N) is 1. The predicted octanol–water partition coefficient (Wildman–Crippen LogP) is 2.19. The summed E-state index contributed by atoms with van der Waals surface area (Å²) in [5.74, 6) is -0.972. The van der Waals surface area contributed by atoms with Gasteiger partial charge in [0.2, 0.25) is 0 Å². The number of nitrogens with two attached hydrogens (primary N) is 1. The molecule has 1 aromatic carbocycles. The molecule has 1 atom stereocenters. The van der Waals surface area contributed by atoms with Crippen LogP contribution in [0.2, 0.25) is 0 Å². The van der Waals surface area contributed by atoms with Gasteiger partial charge in [-0.2, -0.15) is 0 Å². The van der Waals surface area contributed by atoms with Crippen LogP contribution in [0.3, 0.4) is 0 Å². The first-order valence-electron chi connectivity index (χ1n) is 5.59. The second-order valence-corrected chi connectivity index (χ2v) is 4.18.